The van der Waals surface area contributed by atoms with Crippen molar-refractivity contribution < 1.29 is 14.3 Å². The van der Waals surface area contributed by atoms with Crippen LogP contribution < -0.4 is 14.9 Å². The van der Waals surface area contributed by atoms with E-state index in [1.165, 1.54) is 11.1 Å². The van der Waals surface area contributed by atoms with E-state index in [0.717, 1.165) is 23.5 Å². The summed E-state index contributed by atoms with van der Waals surface area (Å²) in [7, 11) is 0. The summed E-state index contributed by atoms with van der Waals surface area (Å²) in [6, 6.07) is 13.9. The number of rotatable bonds is 11. The lowest BCUT2D eigenvalue weighted by atomic mass is 10.2. The SMILES string of the molecule is CCCOc1ccc(/C=N\NC(=O)CSCc2ccc(C)cc2)cc1OCC. The van der Waals surface area contributed by atoms with Gasteiger partial charge in [-0.15, -0.1) is 11.8 Å². The molecular weight excluding hydrogens is 372 g/mol. The van der Waals surface area contributed by atoms with Crippen LogP contribution in [-0.4, -0.2) is 31.1 Å². The third-order valence-corrected chi connectivity index (χ3v) is 4.76. The van der Waals surface area contributed by atoms with Gasteiger partial charge in [0.1, 0.15) is 0 Å². The number of thioether (sulfide) groups is 1. The number of amides is 1. The second kappa shape index (κ2) is 12.1. The molecule has 0 atom stereocenters. The molecule has 0 unspecified atom stereocenters. The number of nitrogens with zero attached hydrogens (tertiary/aromatic N) is 1. The number of hydrogen-bond donors (Lipinski definition) is 1. The van der Waals surface area contributed by atoms with Gasteiger partial charge in [0.25, 0.3) is 0 Å². The fourth-order valence-electron chi connectivity index (χ4n) is 2.36. The summed E-state index contributed by atoms with van der Waals surface area (Å²) in [5.41, 5.74) is 5.84. The maximum absolute atomic E-state index is 11.9. The van der Waals surface area contributed by atoms with Crippen molar-refractivity contribution in [3.8, 4) is 11.5 Å². The van der Waals surface area contributed by atoms with Crippen molar-refractivity contribution in [2.75, 3.05) is 19.0 Å². The van der Waals surface area contributed by atoms with E-state index in [4.69, 9.17) is 9.47 Å². The van der Waals surface area contributed by atoms with Crippen LogP contribution in [0.1, 0.15) is 37.0 Å². The maximum atomic E-state index is 11.9. The molecule has 0 aliphatic carbocycles. The van der Waals surface area contributed by atoms with Crippen LogP contribution in [0.4, 0.5) is 0 Å². The lowest BCUT2D eigenvalue weighted by molar-refractivity contribution is -0.118. The van der Waals surface area contributed by atoms with Gasteiger partial charge in [-0.2, -0.15) is 5.10 Å². The number of hydrogen-bond acceptors (Lipinski definition) is 5. The number of ether oxygens (including phenoxy) is 2. The zero-order chi connectivity index (χ0) is 20.2. The molecule has 0 aliphatic rings. The Labute approximate surface area is 171 Å². The van der Waals surface area contributed by atoms with Crippen LogP contribution >= 0.6 is 11.8 Å². The third-order valence-electron chi connectivity index (χ3n) is 3.75. The number of hydrazone groups is 1. The second-order valence-electron chi connectivity index (χ2n) is 6.26. The highest BCUT2D eigenvalue weighted by Gasteiger charge is 2.06. The highest BCUT2D eigenvalue weighted by atomic mass is 32.2. The Bertz CT molecular complexity index is 776. The first-order valence-corrected chi connectivity index (χ1v) is 10.6. The molecule has 1 amide bonds. The fourth-order valence-corrected chi connectivity index (χ4v) is 3.14. The minimum Gasteiger partial charge on any atom is -0.490 e. The Morgan fingerprint density at radius 3 is 2.61 bits per heavy atom. The molecule has 0 fully saturated rings. The molecule has 0 radical (unpaired) electrons. The van der Waals surface area contributed by atoms with Crippen molar-refractivity contribution in [1.82, 2.24) is 5.43 Å². The number of aryl methyl sites for hydroxylation is 1. The van der Waals surface area contributed by atoms with Gasteiger partial charge >= 0.3 is 0 Å². The van der Waals surface area contributed by atoms with Crippen LogP contribution in [0.3, 0.4) is 0 Å². The Morgan fingerprint density at radius 2 is 1.89 bits per heavy atom. The highest BCUT2D eigenvalue weighted by Crippen LogP contribution is 2.28. The van der Waals surface area contributed by atoms with E-state index < -0.39 is 0 Å². The molecule has 0 spiro atoms. The smallest absolute Gasteiger partial charge is 0.250 e. The van der Waals surface area contributed by atoms with Crippen LogP contribution in [0.25, 0.3) is 0 Å². The predicted molar refractivity (Wildman–Crippen MR) is 116 cm³/mol. The molecule has 0 bridgehead atoms. The summed E-state index contributed by atoms with van der Waals surface area (Å²) in [4.78, 5) is 11.9. The number of benzene rings is 2. The van der Waals surface area contributed by atoms with Crippen LogP contribution in [0.2, 0.25) is 0 Å². The zero-order valence-corrected chi connectivity index (χ0v) is 17.6. The molecule has 0 saturated heterocycles. The lowest BCUT2D eigenvalue weighted by Crippen LogP contribution is -2.19. The number of carbonyl (C=O) groups excluding carboxylic acids is 1. The molecule has 0 aromatic heterocycles. The molecule has 150 valence electrons. The van der Waals surface area contributed by atoms with Gasteiger partial charge in [-0.05, 0) is 49.6 Å². The standard InChI is InChI=1S/C22H28N2O3S/c1-4-12-27-20-11-10-19(13-21(20)26-5-2)14-23-24-22(25)16-28-15-18-8-6-17(3)7-9-18/h6-11,13-14H,4-5,12,15-16H2,1-3H3,(H,24,25)/b23-14-. The van der Waals surface area contributed by atoms with E-state index in [0.29, 0.717) is 24.7 Å². The van der Waals surface area contributed by atoms with Crippen LogP contribution in [0.5, 0.6) is 11.5 Å². The van der Waals surface area contributed by atoms with Gasteiger partial charge in [0.15, 0.2) is 11.5 Å². The maximum Gasteiger partial charge on any atom is 0.250 e. The van der Waals surface area contributed by atoms with Gasteiger partial charge in [0, 0.05) is 5.75 Å². The van der Waals surface area contributed by atoms with E-state index in [1.54, 1.807) is 18.0 Å². The summed E-state index contributed by atoms with van der Waals surface area (Å²) >= 11 is 1.56. The third kappa shape index (κ3) is 7.64. The van der Waals surface area contributed by atoms with Crippen molar-refractivity contribution in [3.05, 3.63) is 59.2 Å². The summed E-state index contributed by atoms with van der Waals surface area (Å²) in [6.07, 6.45) is 2.54. The molecule has 0 saturated carbocycles. The molecule has 2 aromatic carbocycles. The van der Waals surface area contributed by atoms with Crippen LogP contribution in [0.15, 0.2) is 47.6 Å². The van der Waals surface area contributed by atoms with Gasteiger partial charge in [0.2, 0.25) is 5.91 Å². The minimum absolute atomic E-state index is 0.124. The molecule has 0 heterocycles. The Balaban J connectivity index is 1.81. The van der Waals surface area contributed by atoms with Crippen molar-refractivity contribution in [1.29, 1.82) is 0 Å². The van der Waals surface area contributed by atoms with Crippen LogP contribution in [-0.2, 0) is 10.5 Å². The molecule has 6 heteroatoms. The van der Waals surface area contributed by atoms with Gasteiger partial charge in [-0.25, -0.2) is 5.43 Å². The lowest BCUT2D eigenvalue weighted by Gasteiger charge is -2.11. The molecule has 28 heavy (non-hydrogen) atoms. The Kier molecular flexibility index (Phi) is 9.42. The van der Waals surface area contributed by atoms with E-state index in [1.807, 2.05) is 25.1 Å². The first-order chi connectivity index (χ1) is 13.6. The molecule has 5 nitrogen and oxygen atoms in total. The first-order valence-electron chi connectivity index (χ1n) is 9.47. The molecule has 1 N–H and O–H groups in total. The molecule has 2 aromatic rings. The average Bonchev–Trinajstić information content (AvgIpc) is 2.69. The van der Waals surface area contributed by atoms with E-state index in [9.17, 15) is 4.79 Å². The number of carbonyl (C=O) groups is 1. The van der Waals surface area contributed by atoms with Gasteiger partial charge in [-0.1, -0.05) is 36.8 Å². The first kappa shape index (κ1) is 21.8. The summed E-state index contributed by atoms with van der Waals surface area (Å²) in [6.45, 7) is 7.25. The van der Waals surface area contributed by atoms with Gasteiger partial charge in [-0.3, -0.25) is 4.79 Å². The van der Waals surface area contributed by atoms with Crippen molar-refractivity contribution in [2.45, 2.75) is 32.9 Å². The Hall–Kier alpha value is -2.47. The average molecular weight is 401 g/mol. The summed E-state index contributed by atoms with van der Waals surface area (Å²) in [5.74, 6) is 2.44. The second-order valence-corrected chi connectivity index (χ2v) is 7.24. The normalized spacial score (nSPS) is 10.8. The summed E-state index contributed by atoms with van der Waals surface area (Å²) < 4.78 is 11.3. The topological polar surface area (TPSA) is 59.9 Å². The van der Waals surface area contributed by atoms with Crippen molar-refractivity contribution in [2.24, 2.45) is 5.10 Å². The van der Waals surface area contributed by atoms with E-state index >= 15 is 0 Å². The van der Waals surface area contributed by atoms with E-state index in [-0.39, 0.29) is 5.91 Å². The zero-order valence-electron chi connectivity index (χ0n) is 16.7. The largest absolute Gasteiger partial charge is 0.490 e. The molecular formula is C22H28N2O3S. The predicted octanol–water partition coefficient (Wildman–Crippen LogP) is 4.57. The number of nitrogens with one attached hydrogen (secondary N) is 1. The quantitative estimate of drug-likeness (QED) is 0.443. The van der Waals surface area contributed by atoms with Gasteiger partial charge in [0.05, 0.1) is 25.2 Å². The summed E-state index contributed by atoms with van der Waals surface area (Å²) in [5, 5.41) is 4.04. The van der Waals surface area contributed by atoms with Gasteiger partial charge < -0.3 is 9.47 Å². The van der Waals surface area contributed by atoms with Crippen molar-refractivity contribution in [3.63, 3.8) is 0 Å². The Morgan fingerprint density at radius 1 is 1.11 bits per heavy atom. The molecule has 0 aliphatic heterocycles. The van der Waals surface area contributed by atoms with Crippen LogP contribution in [0, 0.1) is 6.92 Å². The monoisotopic (exact) mass is 400 g/mol. The van der Waals surface area contributed by atoms with Crippen molar-refractivity contribution >= 4 is 23.9 Å². The minimum atomic E-state index is -0.124. The fraction of sp³-hybridized carbons (Fsp3) is 0.364. The molecule has 2 rings (SSSR count). The highest BCUT2D eigenvalue weighted by molar-refractivity contribution is 7.99. The van der Waals surface area contributed by atoms with E-state index in [2.05, 4.69) is 48.6 Å².